The first-order chi connectivity index (χ1) is 8.11. The first kappa shape index (κ1) is 14.0. The largest absolute Gasteiger partial charge is 0.466 e. The Bertz CT molecular complexity index is 379. The first-order valence-corrected chi connectivity index (χ1v) is 6.08. The van der Waals surface area contributed by atoms with Crippen LogP contribution in [0, 0.1) is 5.92 Å². The third kappa shape index (κ3) is 3.45. The Labute approximate surface area is 106 Å². The Hall–Kier alpha value is -1.06. The molecule has 17 heavy (non-hydrogen) atoms. The van der Waals surface area contributed by atoms with Crippen molar-refractivity contribution in [2.75, 3.05) is 6.61 Å². The van der Waals surface area contributed by atoms with Crippen molar-refractivity contribution in [1.29, 1.82) is 0 Å². The quantitative estimate of drug-likeness (QED) is 0.824. The van der Waals surface area contributed by atoms with Gasteiger partial charge in [0.15, 0.2) is 0 Å². The zero-order chi connectivity index (χ0) is 12.8. The number of aliphatic hydroxyl groups excluding tert-OH is 1. The maximum Gasteiger partial charge on any atom is 0.311 e. The highest BCUT2D eigenvalue weighted by Crippen LogP contribution is 2.30. The van der Waals surface area contributed by atoms with Crippen molar-refractivity contribution >= 4 is 17.6 Å². The summed E-state index contributed by atoms with van der Waals surface area (Å²) in [5, 5.41) is 10.6. The highest BCUT2D eigenvalue weighted by molar-refractivity contribution is 6.31. The minimum absolute atomic E-state index is 0.310. The monoisotopic (exact) mass is 256 g/mol. The fourth-order valence-corrected chi connectivity index (χ4v) is 1.95. The van der Waals surface area contributed by atoms with E-state index in [-0.39, 0.29) is 5.97 Å². The number of aliphatic hydroxyl groups is 1. The Morgan fingerprint density at radius 1 is 1.41 bits per heavy atom. The molecule has 2 atom stereocenters. The van der Waals surface area contributed by atoms with Crippen molar-refractivity contribution < 1.29 is 14.6 Å². The van der Waals surface area contributed by atoms with E-state index in [1.54, 1.807) is 31.2 Å². The topological polar surface area (TPSA) is 46.5 Å². The minimum atomic E-state index is -0.923. The van der Waals surface area contributed by atoms with Crippen LogP contribution in [0.25, 0.3) is 0 Å². The molecule has 0 aromatic heterocycles. The van der Waals surface area contributed by atoms with Gasteiger partial charge in [-0.1, -0.05) is 36.7 Å². The molecular weight excluding hydrogens is 240 g/mol. The van der Waals surface area contributed by atoms with Crippen molar-refractivity contribution in [2.24, 2.45) is 5.92 Å². The molecule has 4 heteroatoms. The molecule has 1 aromatic rings. The zero-order valence-electron chi connectivity index (χ0n) is 10.0. The van der Waals surface area contributed by atoms with Crippen LogP contribution in [0.3, 0.4) is 0 Å². The summed E-state index contributed by atoms with van der Waals surface area (Å²) in [5.74, 6) is -0.961. The average molecular weight is 257 g/mol. The van der Waals surface area contributed by atoms with Crippen molar-refractivity contribution in [3.63, 3.8) is 0 Å². The van der Waals surface area contributed by atoms with Gasteiger partial charge in [-0.3, -0.25) is 4.79 Å². The molecule has 1 N–H and O–H groups in total. The van der Waals surface area contributed by atoms with E-state index in [0.29, 0.717) is 23.6 Å². The number of rotatable bonds is 5. The van der Waals surface area contributed by atoms with E-state index in [1.165, 1.54) is 0 Å². The van der Waals surface area contributed by atoms with Gasteiger partial charge in [0.1, 0.15) is 0 Å². The van der Waals surface area contributed by atoms with Crippen molar-refractivity contribution in [1.82, 2.24) is 0 Å². The third-order valence-electron chi connectivity index (χ3n) is 2.63. The summed E-state index contributed by atoms with van der Waals surface area (Å²) in [5.41, 5.74) is 0.564. The van der Waals surface area contributed by atoms with Gasteiger partial charge in [0.25, 0.3) is 0 Å². The second-order valence-corrected chi connectivity index (χ2v) is 4.14. The summed E-state index contributed by atoms with van der Waals surface area (Å²) in [7, 11) is 0. The lowest BCUT2D eigenvalue weighted by Gasteiger charge is -2.21. The molecule has 0 spiro atoms. The molecule has 2 unspecified atom stereocenters. The van der Waals surface area contributed by atoms with Crippen LogP contribution in [-0.2, 0) is 9.53 Å². The van der Waals surface area contributed by atoms with Crippen LogP contribution in [0.4, 0.5) is 0 Å². The lowest BCUT2D eigenvalue weighted by molar-refractivity contribution is -0.152. The molecule has 94 valence electrons. The van der Waals surface area contributed by atoms with Crippen LogP contribution >= 0.6 is 11.6 Å². The summed E-state index contributed by atoms with van der Waals surface area (Å²) in [4.78, 5) is 11.7. The lowest BCUT2D eigenvalue weighted by atomic mass is 9.93. The molecule has 0 bridgehead atoms. The molecule has 0 saturated carbocycles. The van der Waals surface area contributed by atoms with Crippen LogP contribution in [0.5, 0.6) is 0 Å². The Kier molecular flexibility index (Phi) is 5.45. The average Bonchev–Trinajstić information content (AvgIpc) is 2.30. The standard InChI is InChI=1S/C13H17ClO3/c1-3-9(13(16)17-4-2)12(15)10-7-5-6-8-11(10)14/h5-9,12,15H,3-4H2,1-2H3. The number of ether oxygens (including phenoxy) is 1. The van der Waals surface area contributed by atoms with Gasteiger partial charge in [-0.2, -0.15) is 0 Å². The van der Waals surface area contributed by atoms with Crippen molar-refractivity contribution in [3.8, 4) is 0 Å². The molecule has 0 heterocycles. The van der Waals surface area contributed by atoms with E-state index in [9.17, 15) is 9.90 Å². The number of hydrogen-bond donors (Lipinski definition) is 1. The van der Waals surface area contributed by atoms with Gasteiger partial charge < -0.3 is 9.84 Å². The number of halogens is 1. The highest BCUT2D eigenvalue weighted by atomic mass is 35.5. The third-order valence-corrected chi connectivity index (χ3v) is 2.98. The zero-order valence-corrected chi connectivity index (χ0v) is 10.8. The molecule has 1 aromatic carbocycles. The summed E-state index contributed by atoms with van der Waals surface area (Å²) in [6, 6.07) is 6.97. The molecule has 0 aliphatic heterocycles. The molecule has 0 aliphatic rings. The van der Waals surface area contributed by atoms with E-state index < -0.39 is 12.0 Å². The number of benzene rings is 1. The fraction of sp³-hybridized carbons (Fsp3) is 0.462. The van der Waals surface area contributed by atoms with Crippen molar-refractivity contribution in [2.45, 2.75) is 26.4 Å². The smallest absolute Gasteiger partial charge is 0.311 e. The van der Waals surface area contributed by atoms with Gasteiger partial charge in [0, 0.05) is 5.02 Å². The Morgan fingerprint density at radius 2 is 2.06 bits per heavy atom. The van der Waals surface area contributed by atoms with Gasteiger partial charge in [0.2, 0.25) is 0 Å². The van der Waals surface area contributed by atoms with E-state index in [2.05, 4.69) is 0 Å². The van der Waals surface area contributed by atoms with Gasteiger partial charge in [-0.05, 0) is 25.0 Å². The predicted octanol–water partition coefficient (Wildman–Crippen LogP) is 2.96. The minimum Gasteiger partial charge on any atom is -0.466 e. The van der Waals surface area contributed by atoms with Crippen LogP contribution in [0.1, 0.15) is 31.9 Å². The summed E-state index contributed by atoms with van der Waals surface area (Å²) < 4.78 is 4.94. The van der Waals surface area contributed by atoms with E-state index >= 15 is 0 Å². The van der Waals surface area contributed by atoms with E-state index in [0.717, 1.165) is 0 Å². The number of carbonyl (C=O) groups excluding carboxylic acids is 1. The summed E-state index contributed by atoms with van der Waals surface area (Å²) in [6.45, 7) is 3.89. The lowest BCUT2D eigenvalue weighted by Crippen LogP contribution is -2.24. The summed E-state index contributed by atoms with van der Waals surface area (Å²) >= 11 is 5.99. The van der Waals surface area contributed by atoms with Gasteiger partial charge in [-0.25, -0.2) is 0 Å². The van der Waals surface area contributed by atoms with E-state index in [4.69, 9.17) is 16.3 Å². The molecule has 3 nitrogen and oxygen atoms in total. The maximum atomic E-state index is 11.7. The Morgan fingerprint density at radius 3 is 2.59 bits per heavy atom. The molecular formula is C13H17ClO3. The van der Waals surface area contributed by atoms with Crippen molar-refractivity contribution in [3.05, 3.63) is 34.9 Å². The highest BCUT2D eigenvalue weighted by Gasteiger charge is 2.28. The number of carbonyl (C=O) groups is 1. The Balaban J connectivity index is 2.90. The summed E-state index contributed by atoms with van der Waals surface area (Å²) in [6.07, 6.45) is -0.418. The molecule has 0 radical (unpaired) electrons. The molecule has 1 rings (SSSR count). The first-order valence-electron chi connectivity index (χ1n) is 5.70. The molecule has 0 fully saturated rings. The van der Waals surface area contributed by atoms with Gasteiger partial charge >= 0.3 is 5.97 Å². The van der Waals surface area contributed by atoms with Gasteiger partial charge in [0.05, 0.1) is 18.6 Å². The molecule has 0 saturated heterocycles. The van der Waals surface area contributed by atoms with Crippen LogP contribution in [-0.4, -0.2) is 17.7 Å². The van der Waals surface area contributed by atoms with Crippen LogP contribution in [0.2, 0.25) is 5.02 Å². The molecule has 0 amide bonds. The SMILES string of the molecule is CCOC(=O)C(CC)C(O)c1ccccc1Cl. The van der Waals surface area contributed by atoms with Crippen LogP contribution in [0.15, 0.2) is 24.3 Å². The number of hydrogen-bond acceptors (Lipinski definition) is 3. The predicted molar refractivity (Wildman–Crippen MR) is 66.8 cm³/mol. The molecule has 0 aliphatic carbocycles. The van der Waals surface area contributed by atoms with Crippen LogP contribution < -0.4 is 0 Å². The number of esters is 1. The maximum absolute atomic E-state index is 11.7. The van der Waals surface area contributed by atoms with E-state index in [1.807, 2.05) is 6.92 Å². The van der Waals surface area contributed by atoms with Gasteiger partial charge in [-0.15, -0.1) is 0 Å². The second-order valence-electron chi connectivity index (χ2n) is 3.73. The second kappa shape index (κ2) is 6.62. The fourth-order valence-electron chi connectivity index (χ4n) is 1.70. The normalized spacial score (nSPS) is 14.1.